The van der Waals surface area contributed by atoms with Crippen molar-refractivity contribution in [3.63, 3.8) is 0 Å². The highest BCUT2D eigenvalue weighted by molar-refractivity contribution is 5.92. The number of amides is 1. The molecule has 1 atom stereocenters. The zero-order chi connectivity index (χ0) is 26.8. The van der Waals surface area contributed by atoms with Crippen molar-refractivity contribution < 1.29 is 24.2 Å². The largest absolute Gasteiger partial charge is 0.480 e. The number of unbranched alkanes of at least 4 members (excludes halogenated alkanes) is 1. The van der Waals surface area contributed by atoms with Gasteiger partial charge in [-0.1, -0.05) is 36.4 Å². The van der Waals surface area contributed by atoms with Crippen molar-refractivity contribution in [3.05, 3.63) is 59.3 Å². The Morgan fingerprint density at radius 1 is 1.16 bits per heavy atom. The molecule has 1 fully saturated rings. The highest BCUT2D eigenvalue weighted by atomic mass is 16.5. The van der Waals surface area contributed by atoms with E-state index in [0.717, 1.165) is 62.3 Å². The number of nitrogens with one attached hydrogen (secondary N) is 2. The van der Waals surface area contributed by atoms with Gasteiger partial charge in [0.2, 0.25) is 5.91 Å². The number of hydrogen-bond acceptors (Lipinski definition) is 7. The van der Waals surface area contributed by atoms with Crippen LogP contribution >= 0.6 is 0 Å². The molecule has 9 heteroatoms. The maximum Gasteiger partial charge on any atom is 0.326 e. The van der Waals surface area contributed by atoms with Crippen LogP contribution in [0.15, 0.2) is 42.5 Å². The maximum absolute atomic E-state index is 13.2. The highest BCUT2D eigenvalue weighted by Gasteiger charge is 2.48. The van der Waals surface area contributed by atoms with Crippen molar-refractivity contribution >= 4 is 17.7 Å². The van der Waals surface area contributed by atoms with Gasteiger partial charge in [0.15, 0.2) is 0 Å². The van der Waals surface area contributed by atoms with Gasteiger partial charge in [0.25, 0.3) is 0 Å². The van der Waals surface area contributed by atoms with Gasteiger partial charge in [0.05, 0.1) is 19.8 Å². The number of aryl methyl sites for hydroxylation is 2. The highest BCUT2D eigenvalue weighted by Crippen LogP contribution is 2.32. The summed E-state index contributed by atoms with van der Waals surface area (Å²) in [5, 5.41) is 16.0. The number of ether oxygens (including phenoxy) is 2. The number of rotatable bonds is 15. The summed E-state index contributed by atoms with van der Waals surface area (Å²) in [6.07, 6.45) is 5.42. The number of hydrogen-bond donors (Lipinski definition) is 3. The molecule has 9 nitrogen and oxygen atoms in total. The van der Waals surface area contributed by atoms with Gasteiger partial charge in [0.1, 0.15) is 17.3 Å². The third-order valence-electron chi connectivity index (χ3n) is 7.52. The molecule has 1 aromatic heterocycles. The van der Waals surface area contributed by atoms with E-state index in [4.69, 9.17) is 14.5 Å². The van der Waals surface area contributed by atoms with Crippen molar-refractivity contribution in [2.45, 2.75) is 50.0 Å². The molecular formula is C29H40N4O5. The number of carbonyl (C=O) groups excluding carboxylic acids is 1. The minimum Gasteiger partial charge on any atom is -0.480 e. The lowest BCUT2D eigenvalue weighted by atomic mass is 9.77. The molecule has 1 amide bonds. The van der Waals surface area contributed by atoms with Gasteiger partial charge >= 0.3 is 5.97 Å². The van der Waals surface area contributed by atoms with Gasteiger partial charge in [-0.3, -0.25) is 4.79 Å². The van der Waals surface area contributed by atoms with E-state index < -0.39 is 17.4 Å². The van der Waals surface area contributed by atoms with Crippen molar-refractivity contribution in [3.8, 4) is 0 Å². The number of carboxylic acid groups (broad SMARTS) is 1. The molecule has 1 saturated heterocycles. The molecule has 3 heterocycles. The molecule has 2 aliphatic heterocycles. The summed E-state index contributed by atoms with van der Waals surface area (Å²) in [5.41, 5.74) is 2.41. The SMILES string of the molecule is COCCN(CCCCc1ccc2c(n1)NCCC2)CC[C@H](NC(=O)C1(c2ccccc2)COC1)C(=O)O. The van der Waals surface area contributed by atoms with E-state index in [1.165, 1.54) is 5.56 Å². The number of aromatic nitrogens is 1. The molecule has 0 aliphatic carbocycles. The molecule has 0 saturated carbocycles. The number of carboxylic acids is 1. The molecule has 0 spiro atoms. The number of pyridine rings is 1. The van der Waals surface area contributed by atoms with Crippen molar-refractivity contribution in [1.29, 1.82) is 0 Å². The van der Waals surface area contributed by atoms with Gasteiger partial charge in [-0.25, -0.2) is 9.78 Å². The van der Waals surface area contributed by atoms with Crippen molar-refractivity contribution in [2.75, 3.05) is 58.4 Å². The topological polar surface area (TPSA) is 113 Å². The van der Waals surface area contributed by atoms with Crippen LogP contribution in [0.3, 0.4) is 0 Å². The summed E-state index contributed by atoms with van der Waals surface area (Å²) in [6.45, 7) is 4.15. The summed E-state index contributed by atoms with van der Waals surface area (Å²) < 4.78 is 10.7. The van der Waals surface area contributed by atoms with Crippen LogP contribution < -0.4 is 10.6 Å². The van der Waals surface area contributed by atoms with Gasteiger partial charge in [-0.2, -0.15) is 0 Å². The Kier molecular flexibility index (Phi) is 10.1. The molecule has 0 radical (unpaired) electrons. The molecule has 3 N–H and O–H groups in total. The van der Waals surface area contributed by atoms with Crippen molar-refractivity contribution in [1.82, 2.24) is 15.2 Å². The van der Waals surface area contributed by atoms with Crippen molar-refractivity contribution in [2.24, 2.45) is 0 Å². The fourth-order valence-electron chi connectivity index (χ4n) is 5.06. The molecule has 0 bridgehead atoms. The average Bonchev–Trinajstić information content (AvgIpc) is 2.91. The molecule has 0 unspecified atom stereocenters. The molecule has 38 heavy (non-hydrogen) atoms. The second kappa shape index (κ2) is 13.7. The first-order valence-corrected chi connectivity index (χ1v) is 13.6. The standard InChI is InChI=1S/C29H40N4O5/c1-37-19-18-33(16-6-5-11-24-13-12-22-8-7-15-30-26(22)31-24)17-14-25(27(34)35)32-28(36)29(20-38-21-29)23-9-3-2-4-10-23/h2-4,9-10,12-13,25H,5-8,11,14-21H2,1H3,(H,30,31)(H,32,36)(H,34,35)/t25-/m0/s1. The third-order valence-corrected chi connectivity index (χ3v) is 7.52. The molecule has 206 valence electrons. The van der Waals surface area contributed by atoms with Crippen LogP contribution in [-0.4, -0.2) is 86.0 Å². The smallest absolute Gasteiger partial charge is 0.326 e. The van der Waals surface area contributed by atoms with E-state index in [2.05, 4.69) is 27.7 Å². The van der Waals surface area contributed by atoms with Crippen LogP contribution in [0.5, 0.6) is 0 Å². The minimum atomic E-state index is -1.03. The van der Waals surface area contributed by atoms with E-state index in [0.29, 0.717) is 26.1 Å². The number of nitrogens with zero attached hydrogens (tertiary/aromatic N) is 2. The second-order valence-corrected chi connectivity index (χ2v) is 10.2. The van der Waals surface area contributed by atoms with Gasteiger partial charge in [-0.05, 0) is 62.3 Å². The van der Waals surface area contributed by atoms with Gasteiger partial charge in [-0.15, -0.1) is 0 Å². The molecule has 2 aromatic rings. The lowest BCUT2D eigenvalue weighted by molar-refractivity contribution is -0.151. The second-order valence-electron chi connectivity index (χ2n) is 10.2. The molecular weight excluding hydrogens is 484 g/mol. The predicted octanol–water partition coefficient (Wildman–Crippen LogP) is 2.64. The molecule has 4 rings (SSSR count). The Morgan fingerprint density at radius 2 is 1.97 bits per heavy atom. The summed E-state index contributed by atoms with van der Waals surface area (Å²) in [7, 11) is 1.66. The first-order valence-electron chi connectivity index (χ1n) is 13.6. The van der Waals surface area contributed by atoms with E-state index in [9.17, 15) is 14.7 Å². The Hall–Kier alpha value is -3.01. The van der Waals surface area contributed by atoms with E-state index in [-0.39, 0.29) is 19.1 Å². The van der Waals surface area contributed by atoms with Crippen LogP contribution in [0.2, 0.25) is 0 Å². The summed E-state index contributed by atoms with van der Waals surface area (Å²) in [5.74, 6) is -0.293. The zero-order valence-corrected chi connectivity index (χ0v) is 22.3. The normalized spacial score (nSPS) is 16.7. The number of fused-ring (bicyclic) bond motifs is 1. The van der Waals surface area contributed by atoms with Crippen LogP contribution in [-0.2, 0) is 37.3 Å². The summed E-state index contributed by atoms with van der Waals surface area (Å²) in [6, 6.07) is 12.8. The Bertz CT molecular complexity index is 1060. The average molecular weight is 525 g/mol. The minimum absolute atomic E-state index is 0.254. The first kappa shape index (κ1) is 28.0. The lowest BCUT2D eigenvalue weighted by Crippen LogP contribution is -2.60. The molecule has 2 aliphatic rings. The van der Waals surface area contributed by atoms with Crippen LogP contribution in [0, 0.1) is 0 Å². The quantitative estimate of drug-likeness (QED) is 0.305. The lowest BCUT2D eigenvalue weighted by Gasteiger charge is -2.41. The number of benzene rings is 1. The predicted molar refractivity (Wildman–Crippen MR) is 145 cm³/mol. The Morgan fingerprint density at radius 3 is 2.68 bits per heavy atom. The first-order chi connectivity index (χ1) is 18.5. The fraction of sp³-hybridized carbons (Fsp3) is 0.552. The zero-order valence-electron chi connectivity index (χ0n) is 22.3. The number of aliphatic carboxylic acids is 1. The molecule has 1 aromatic carbocycles. The van der Waals surface area contributed by atoms with Crippen LogP contribution in [0.25, 0.3) is 0 Å². The third kappa shape index (κ3) is 7.09. The van der Waals surface area contributed by atoms with Crippen LogP contribution in [0.4, 0.5) is 5.82 Å². The maximum atomic E-state index is 13.2. The number of methoxy groups -OCH3 is 1. The van der Waals surface area contributed by atoms with Gasteiger partial charge in [0, 0.05) is 32.4 Å². The number of carbonyl (C=O) groups is 2. The van der Waals surface area contributed by atoms with Crippen LogP contribution in [0.1, 0.15) is 42.5 Å². The summed E-state index contributed by atoms with van der Waals surface area (Å²) in [4.78, 5) is 32.3. The fourth-order valence-corrected chi connectivity index (χ4v) is 5.06. The van der Waals surface area contributed by atoms with E-state index >= 15 is 0 Å². The number of anilines is 1. The van der Waals surface area contributed by atoms with E-state index in [1.54, 1.807) is 7.11 Å². The Labute approximate surface area is 224 Å². The van der Waals surface area contributed by atoms with Gasteiger partial charge < -0.3 is 30.1 Å². The Balaban J connectivity index is 1.27. The van der Waals surface area contributed by atoms with E-state index in [1.807, 2.05) is 30.3 Å². The summed E-state index contributed by atoms with van der Waals surface area (Å²) >= 11 is 0. The monoisotopic (exact) mass is 524 g/mol.